The first-order chi connectivity index (χ1) is 12.4. The van der Waals surface area contributed by atoms with E-state index in [1.165, 1.54) is 24.8 Å². The number of methoxy groups -OCH3 is 1. The van der Waals surface area contributed by atoms with Gasteiger partial charge in [-0.2, -0.15) is 0 Å². The zero-order chi connectivity index (χ0) is 18.7. The van der Waals surface area contributed by atoms with E-state index >= 15 is 0 Å². The lowest BCUT2D eigenvalue weighted by Gasteiger charge is -2.15. The molecule has 3 rings (SSSR count). The maximum Gasteiger partial charge on any atom is 0.343 e. The predicted octanol–water partition coefficient (Wildman–Crippen LogP) is 2.51. The molecule has 26 heavy (non-hydrogen) atoms. The molecule has 0 aliphatic heterocycles. The van der Waals surface area contributed by atoms with Crippen LogP contribution in [0.4, 0.5) is 0 Å². The van der Waals surface area contributed by atoms with Gasteiger partial charge in [-0.3, -0.25) is 0 Å². The summed E-state index contributed by atoms with van der Waals surface area (Å²) in [5.41, 5.74) is 2.84. The lowest BCUT2D eigenvalue weighted by atomic mass is 10.1. The second-order valence-corrected chi connectivity index (χ2v) is 7.92. The van der Waals surface area contributed by atoms with E-state index in [2.05, 4.69) is 9.46 Å². The number of nitrogens with one attached hydrogen (secondary N) is 1. The van der Waals surface area contributed by atoms with Crippen LogP contribution in [-0.4, -0.2) is 28.1 Å². The van der Waals surface area contributed by atoms with Crippen molar-refractivity contribution in [2.24, 2.45) is 0 Å². The SMILES string of the molecule is COC(=O)COc1ccc(S(=O)(=O)N[C@H]2CCc3ccccc32)cc1C. The van der Waals surface area contributed by atoms with Crippen LogP contribution >= 0.6 is 0 Å². The molecule has 2 aromatic carbocycles. The van der Waals surface area contributed by atoms with Crippen LogP contribution in [0.2, 0.25) is 0 Å². The van der Waals surface area contributed by atoms with Gasteiger partial charge in [0.2, 0.25) is 10.0 Å². The highest BCUT2D eigenvalue weighted by Gasteiger charge is 2.27. The minimum absolute atomic E-state index is 0.171. The van der Waals surface area contributed by atoms with Crippen molar-refractivity contribution in [3.05, 3.63) is 59.2 Å². The van der Waals surface area contributed by atoms with Crippen LogP contribution in [0, 0.1) is 6.92 Å². The molecule has 0 bridgehead atoms. The first kappa shape index (κ1) is 18.4. The molecule has 0 amide bonds. The number of aryl methyl sites for hydroxylation is 2. The van der Waals surface area contributed by atoms with Gasteiger partial charge in [0.25, 0.3) is 0 Å². The smallest absolute Gasteiger partial charge is 0.343 e. The summed E-state index contributed by atoms with van der Waals surface area (Å²) in [6.07, 6.45) is 1.61. The topological polar surface area (TPSA) is 81.7 Å². The summed E-state index contributed by atoms with van der Waals surface area (Å²) in [4.78, 5) is 11.3. The molecule has 138 valence electrons. The van der Waals surface area contributed by atoms with Gasteiger partial charge in [-0.1, -0.05) is 24.3 Å². The van der Waals surface area contributed by atoms with Gasteiger partial charge in [0.05, 0.1) is 12.0 Å². The summed E-state index contributed by atoms with van der Waals surface area (Å²) < 4.78 is 38.2. The number of ether oxygens (including phenoxy) is 2. The van der Waals surface area contributed by atoms with Crippen molar-refractivity contribution < 1.29 is 22.7 Å². The molecule has 2 aromatic rings. The van der Waals surface area contributed by atoms with Gasteiger partial charge in [0.15, 0.2) is 6.61 Å². The number of hydrogen-bond acceptors (Lipinski definition) is 5. The molecule has 0 aromatic heterocycles. The quantitative estimate of drug-likeness (QED) is 0.785. The highest BCUT2D eigenvalue weighted by Crippen LogP contribution is 2.32. The van der Waals surface area contributed by atoms with E-state index in [9.17, 15) is 13.2 Å². The highest BCUT2D eigenvalue weighted by atomic mass is 32.2. The number of hydrogen-bond donors (Lipinski definition) is 1. The molecule has 0 saturated heterocycles. The Hall–Kier alpha value is -2.38. The van der Waals surface area contributed by atoms with Crippen LogP contribution in [-0.2, 0) is 26.0 Å². The fourth-order valence-corrected chi connectivity index (χ4v) is 4.42. The molecule has 1 atom stereocenters. The fourth-order valence-electron chi connectivity index (χ4n) is 3.08. The van der Waals surface area contributed by atoms with Crippen LogP contribution < -0.4 is 9.46 Å². The van der Waals surface area contributed by atoms with Gasteiger partial charge in [0.1, 0.15) is 5.75 Å². The Balaban J connectivity index is 1.76. The van der Waals surface area contributed by atoms with E-state index in [4.69, 9.17) is 4.74 Å². The van der Waals surface area contributed by atoms with E-state index in [-0.39, 0.29) is 17.5 Å². The monoisotopic (exact) mass is 375 g/mol. The fraction of sp³-hybridized carbons (Fsp3) is 0.316. The van der Waals surface area contributed by atoms with Crippen molar-refractivity contribution in [1.29, 1.82) is 0 Å². The molecule has 0 spiro atoms. The Bertz CT molecular complexity index is 923. The van der Waals surface area contributed by atoms with E-state index in [1.807, 2.05) is 24.3 Å². The summed E-state index contributed by atoms with van der Waals surface area (Å²) in [6, 6.07) is 12.2. The van der Waals surface area contributed by atoms with Crippen LogP contribution in [0.5, 0.6) is 5.75 Å². The molecular weight excluding hydrogens is 354 g/mol. The van der Waals surface area contributed by atoms with Crippen LogP contribution in [0.25, 0.3) is 0 Å². The van der Waals surface area contributed by atoms with Gasteiger partial charge in [-0.15, -0.1) is 0 Å². The molecule has 1 aliphatic carbocycles. The standard InChI is InChI=1S/C19H21NO5S/c1-13-11-15(8-10-18(13)25-12-19(21)24-2)26(22,23)20-17-9-7-14-5-3-4-6-16(14)17/h3-6,8,10-11,17,20H,7,9,12H2,1-2H3/t17-/m0/s1. The Labute approximate surface area is 153 Å². The Morgan fingerprint density at radius 1 is 1.23 bits per heavy atom. The summed E-state index contributed by atoms with van der Waals surface area (Å²) in [6.45, 7) is 1.51. The van der Waals surface area contributed by atoms with Gasteiger partial charge < -0.3 is 9.47 Å². The van der Waals surface area contributed by atoms with E-state index < -0.39 is 16.0 Å². The first-order valence-electron chi connectivity index (χ1n) is 8.31. The second kappa shape index (κ2) is 7.47. The number of sulfonamides is 1. The van der Waals surface area contributed by atoms with E-state index in [1.54, 1.807) is 13.0 Å². The van der Waals surface area contributed by atoms with E-state index in [0.717, 1.165) is 18.4 Å². The third-order valence-electron chi connectivity index (χ3n) is 4.46. The summed E-state index contributed by atoms with van der Waals surface area (Å²) in [5.74, 6) is -0.0526. The number of esters is 1. The lowest BCUT2D eigenvalue weighted by molar-refractivity contribution is -0.142. The van der Waals surface area contributed by atoms with Crippen molar-refractivity contribution in [2.45, 2.75) is 30.7 Å². The van der Waals surface area contributed by atoms with Crippen molar-refractivity contribution in [3.63, 3.8) is 0 Å². The molecule has 0 saturated carbocycles. The molecule has 7 heteroatoms. The van der Waals surface area contributed by atoms with Crippen LogP contribution in [0.1, 0.15) is 29.2 Å². The predicted molar refractivity (Wildman–Crippen MR) is 96.5 cm³/mol. The summed E-state index contributed by atoms with van der Waals surface area (Å²) in [5, 5.41) is 0. The van der Waals surface area contributed by atoms with Gasteiger partial charge in [0, 0.05) is 6.04 Å². The minimum Gasteiger partial charge on any atom is -0.482 e. The summed E-state index contributed by atoms with van der Waals surface area (Å²) >= 11 is 0. The number of carbonyl (C=O) groups excluding carboxylic acids is 1. The molecule has 1 N–H and O–H groups in total. The minimum atomic E-state index is -3.66. The normalized spacial score (nSPS) is 16.2. The molecule has 1 aliphatic rings. The van der Waals surface area contributed by atoms with Crippen LogP contribution in [0.15, 0.2) is 47.4 Å². The maximum absolute atomic E-state index is 12.7. The number of fused-ring (bicyclic) bond motifs is 1. The average Bonchev–Trinajstić information content (AvgIpc) is 3.02. The largest absolute Gasteiger partial charge is 0.482 e. The Kier molecular flexibility index (Phi) is 5.29. The average molecular weight is 375 g/mol. The number of benzene rings is 2. The molecule has 6 nitrogen and oxygen atoms in total. The maximum atomic E-state index is 12.7. The molecular formula is C19H21NO5S. The van der Waals surface area contributed by atoms with Crippen molar-refractivity contribution in [1.82, 2.24) is 4.72 Å². The number of carbonyl (C=O) groups is 1. The second-order valence-electron chi connectivity index (χ2n) is 6.20. The molecule has 0 heterocycles. The molecule has 0 fully saturated rings. The first-order valence-corrected chi connectivity index (χ1v) is 9.79. The van der Waals surface area contributed by atoms with Crippen molar-refractivity contribution in [2.75, 3.05) is 13.7 Å². The lowest BCUT2D eigenvalue weighted by Crippen LogP contribution is -2.27. The summed E-state index contributed by atoms with van der Waals surface area (Å²) in [7, 11) is -2.38. The van der Waals surface area contributed by atoms with Crippen LogP contribution in [0.3, 0.4) is 0 Å². The number of rotatable bonds is 6. The van der Waals surface area contributed by atoms with Gasteiger partial charge in [-0.25, -0.2) is 17.9 Å². The highest BCUT2D eigenvalue weighted by molar-refractivity contribution is 7.89. The molecule has 0 unspecified atom stereocenters. The zero-order valence-corrected chi connectivity index (χ0v) is 15.5. The zero-order valence-electron chi connectivity index (χ0n) is 14.7. The third-order valence-corrected chi connectivity index (χ3v) is 5.93. The Morgan fingerprint density at radius 2 is 2.00 bits per heavy atom. The third kappa shape index (κ3) is 3.89. The molecule has 0 radical (unpaired) electrons. The van der Waals surface area contributed by atoms with Crippen molar-refractivity contribution in [3.8, 4) is 5.75 Å². The Morgan fingerprint density at radius 3 is 2.73 bits per heavy atom. The van der Waals surface area contributed by atoms with Crippen molar-refractivity contribution >= 4 is 16.0 Å². The van der Waals surface area contributed by atoms with E-state index in [0.29, 0.717) is 11.3 Å². The van der Waals surface area contributed by atoms with Gasteiger partial charge in [-0.05, 0) is 54.7 Å². The van der Waals surface area contributed by atoms with Gasteiger partial charge >= 0.3 is 5.97 Å².